The number of aromatic nitrogens is 4. The Morgan fingerprint density at radius 3 is 3.07 bits per heavy atom. The molecule has 0 spiro atoms. The smallest absolute Gasteiger partial charge is 0.0984 e. The van der Waals surface area contributed by atoms with Crippen LogP contribution in [-0.4, -0.2) is 20.0 Å². The highest BCUT2D eigenvalue weighted by Crippen LogP contribution is 2.20. The van der Waals surface area contributed by atoms with Crippen molar-refractivity contribution < 1.29 is 0 Å². The van der Waals surface area contributed by atoms with Crippen LogP contribution in [0.5, 0.6) is 0 Å². The first-order chi connectivity index (χ1) is 6.84. The lowest BCUT2D eigenvalue weighted by Gasteiger charge is -1.98. The number of halogens is 1. The summed E-state index contributed by atoms with van der Waals surface area (Å²) >= 11 is 5.85. The van der Waals surface area contributed by atoms with Crippen molar-refractivity contribution in [3.8, 4) is 0 Å². The number of benzene rings is 1. The van der Waals surface area contributed by atoms with Gasteiger partial charge >= 0.3 is 0 Å². The maximum atomic E-state index is 5.85. The molecule has 0 unspecified atom stereocenters. The Kier molecular flexibility index (Phi) is 1.46. The molecule has 5 heteroatoms. The fraction of sp³-hybridized carbons (Fsp3) is 0. The van der Waals surface area contributed by atoms with Gasteiger partial charge in [-0.25, -0.2) is 0 Å². The summed E-state index contributed by atoms with van der Waals surface area (Å²) in [6, 6.07) is 7.43. The van der Waals surface area contributed by atoms with E-state index in [0.717, 1.165) is 16.4 Å². The molecule has 0 saturated carbocycles. The van der Waals surface area contributed by atoms with Crippen LogP contribution in [0, 0.1) is 0 Å². The van der Waals surface area contributed by atoms with Crippen molar-refractivity contribution in [1.82, 2.24) is 20.0 Å². The highest BCUT2D eigenvalue weighted by Gasteiger charge is 2.03. The van der Waals surface area contributed by atoms with Crippen molar-refractivity contribution >= 4 is 28.0 Å². The van der Waals surface area contributed by atoms with E-state index in [1.54, 1.807) is 12.3 Å². The summed E-state index contributed by atoms with van der Waals surface area (Å²) in [6.45, 7) is 0. The number of nitrogens with zero attached hydrogens (tertiary/aromatic N) is 4. The van der Waals surface area contributed by atoms with E-state index in [1.165, 1.54) is 4.63 Å². The van der Waals surface area contributed by atoms with Crippen molar-refractivity contribution in [1.29, 1.82) is 0 Å². The molecule has 0 amide bonds. The zero-order valence-corrected chi connectivity index (χ0v) is 7.81. The van der Waals surface area contributed by atoms with E-state index in [2.05, 4.69) is 15.4 Å². The number of rotatable bonds is 0. The lowest BCUT2D eigenvalue weighted by molar-refractivity contribution is 0.733. The Labute approximate surface area is 84.1 Å². The van der Waals surface area contributed by atoms with Crippen LogP contribution in [0.4, 0.5) is 0 Å². The zero-order chi connectivity index (χ0) is 9.54. The Morgan fingerprint density at radius 1 is 1.21 bits per heavy atom. The molecule has 0 saturated heterocycles. The van der Waals surface area contributed by atoms with Gasteiger partial charge in [-0.2, -0.15) is 5.10 Å². The minimum absolute atomic E-state index is 0.663. The summed E-state index contributed by atoms with van der Waals surface area (Å²) < 4.78 is 1.50. The third-order valence-corrected chi connectivity index (χ3v) is 2.33. The van der Waals surface area contributed by atoms with Gasteiger partial charge in [0.05, 0.1) is 17.2 Å². The van der Waals surface area contributed by atoms with Crippen LogP contribution >= 0.6 is 11.6 Å². The standard InChI is InChI=1S/C9H5ClN4/c10-6-1-2-7-8(5-6)12-13-14-9(7)3-4-11-14/h1-5H. The Balaban J connectivity index is 2.57. The van der Waals surface area contributed by atoms with Crippen LogP contribution in [0.2, 0.25) is 5.02 Å². The second-order valence-corrected chi connectivity index (χ2v) is 3.39. The van der Waals surface area contributed by atoms with E-state index in [1.807, 2.05) is 18.2 Å². The fourth-order valence-electron chi connectivity index (χ4n) is 1.46. The molecule has 1 aromatic carbocycles. The number of fused-ring (bicyclic) bond motifs is 3. The van der Waals surface area contributed by atoms with Gasteiger partial charge in [-0.05, 0) is 29.5 Å². The molecule has 0 fully saturated rings. The molecule has 4 nitrogen and oxygen atoms in total. The summed E-state index contributed by atoms with van der Waals surface area (Å²) in [7, 11) is 0. The highest BCUT2D eigenvalue weighted by atomic mass is 35.5. The number of hydrogen-bond acceptors (Lipinski definition) is 3. The average molecular weight is 205 g/mol. The fourth-order valence-corrected chi connectivity index (χ4v) is 1.63. The van der Waals surface area contributed by atoms with E-state index >= 15 is 0 Å². The van der Waals surface area contributed by atoms with Crippen LogP contribution < -0.4 is 0 Å². The topological polar surface area (TPSA) is 43.1 Å². The quantitative estimate of drug-likeness (QED) is 0.562. The van der Waals surface area contributed by atoms with E-state index in [-0.39, 0.29) is 0 Å². The molecule has 0 N–H and O–H groups in total. The first kappa shape index (κ1) is 7.70. The van der Waals surface area contributed by atoms with Crippen molar-refractivity contribution in [2.75, 3.05) is 0 Å². The second kappa shape index (κ2) is 2.65. The van der Waals surface area contributed by atoms with Gasteiger partial charge < -0.3 is 0 Å². The van der Waals surface area contributed by atoms with Gasteiger partial charge in [0.15, 0.2) is 0 Å². The van der Waals surface area contributed by atoms with Crippen LogP contribution in [0.25, 0.3) is 16.4 Å². The molecule has 0 atom stereocenters. The van der Waals surface area contributed by atoms with Crippen LogP contribution in [0.3, 0.4) is 0 Å². The van der Waals surface area contributed by atoms with Crippen molar-refractivity contribution in [2.24, 2.45) is 0 Å². The molecular formula is C9H5ClN4. The Hall–Kier alpha value is -1.68. The molecule has 0 bridgehead atoms. The van der Waals surface area contributed by atoms with E-state index in [4.69, 9.17) is 11.6 Å². The summed E-state index contributed by atoms with van der Waals surface area (Å²) in [6.07, 6.45) is 1.69. The predicted molar refractivity (Wildman–Crippen MR) is 53.3 cm³/mol. The SMILES string of the molecule is Clc1ccc2c(c1)nnn1nccc21. The first-order valence-corrected chi connectivity index (χ1v) is 4.48. The summed E-state index contributed by atoms with van der Waals surface area (Å²) in [5.74, 6) is 0. The molecule has 2 aromatic heterocycles. The van der Waals surface area contributed by atoms with Crippen molar-refractivity contribution in [3.63, 3.8) is 0 Å². The molecule has 0 radical (unpaired) electrons. The van der Waals surface area contributed by atoms with E-state index in [9.17, 15) is 0 Å². The van der Waals surface area contributed by atoms with Gasteiger partial charge in [-0.3, -0.25) is 0 Å². The van der Waals surface area contributed by atoms with Gasteiger partial charge in [0.25, 0.3) is 0 Å². The van der Waals surface area contributed by atoms with Crippen molar-refractivity contribution in [2.45, 2.75) is 0 Å². The van der Waals surface area contributed by atoms with Crippen LogP contribution in [0.1, 0.15) is 0 Å². The maximum absolute atomic E-state index is 5.85. The summed E-state index contributed by atoms with van der Waals surface area (Å²) in [5, 5.41) is 13.6. The third kappa shape index (κ3) is 0.975. The average Bonchev–Trinajstić information content (AvgIpc) is 2.65. The minimum atomic E-state index is 0.663. The van der Waals surface area contributed by atoms with Crippen molar-refractivity contribution in [3.05, 3.63) is 35.5 Å². The molecule has 0 aliphatic heterocycles. The lowest BCUT2D eigenvalue weighted by atomic mass is 10.2. The molecule has 0 aliphatic rings. The van der Waals surface area contributed by atoms with E-state index in [0.29, 0.717) is 5.02 Å². The van der Waals surface area contributed by atoms with Gasteiger partial charge in [0.2, 0.25) is 0 Å². The predicted octanol–water partition coefficient (Wildman–Crippen LogP) is 1.93. The molecular weight excluding hydrogens is 200 g/mol. The first-order valence-electron chi connectivity index (χ1n) is 4.10. The van der Waals surface area contributed by atoms with Crippen LogP contribution in [-0.2, 0) is 0 Å². The van der Waals surface area contributed by atoms with Gasteiger partial charge in [0, 0.05) is 10.4 Å². The third-order valence-electron chi connectivity index (χ3n) is 2.10. The zero-order valence-electron chi connectivity index (χ0n) is 7.05. The normalized spacial score (nSPS) is 11.2. The minimum Gasteiger partial charge on any atom is -0.157 e. The molecule has 14 heavy (non-hydrogen) atoms. The molecule has 3 rings (SSSR count). The van der Waals surface area contributed by atoms with Crippen LogP contribution in [0.15, 0.2) is 30.5 Å². The highest BCUT2D eigenvalue weighted by molar-refractivity contribution is 6.31. The Bertz CT molecular complexity index is 616. The van der Waals surface area contributed by atoms with Gasteiger partial charge in [0.1, 0.15) is 0 Å². The largest absolute Gasteiger partial charge is 0.157 e. The molecule has 0 aliphatic carbocycles. The maximum Gasteiger partial charge on any atom is 0.0984 e. The summed E-state index contributed by atoms with van der Waals surface area (Å²) in [5.41, 5.74) is 1.72. The number of hydrogen-bond donors (Lipinski definition) is 0. The van der Waals surface area contributed by atoms with Gasteiger partial charge in [-0.15, -0.1) is 9.73 Å². The Morgan fingerprint density at radius 2 is 2.14 bits per heavy atom. The van der Waals surface area contributed by atoms with Gasteiger partial charge in [-0.1, -0.05) is 11.6 Å². The monoisotopic (exact) mass is 204 g/mol. The second-order valence-electron chi connectivity index (χ2n) is 2.96. The molecule has 68 valence electrons. The van der Waals surface area contributed by atoms with E-state index < -0.39 is 0 Å². The molecule has 3 aromatic rings. The summed E-state index contributed by atoms with van der Waals surface area (Å²) in [4.78, 5) is 0. The molecule has 2 heterocycles. The lowest BCUT2D eigenvalue weighted by Crippen LogP contribution is -1.97.